The van der Waals surface area contributed by atoms with Gasteiger partial charge in [0.2, 0.25) is 10.0 Å². The van der Waals surface area contributed by atoms with Crippen LogP contribution in [-0.4, -0.2) is 27.3 Å². The maximum atomic E-state index is 12.5. The molecular formula is C16H26N2O2S. The summed E-state index contributed by atoms with van der Waals surface area (Å²) in [5, 5.41) is 3.52. The fourth-order valence-electron chi connectivity index (χ4n) is 2.79. The largest absolute Gasteiger partial charge is 0.310 e. The quantitative estimate of drug-likeness (QED) is 0.842. The second-order valence-electron chi connectivity index (χ2n) is 5.60. The maximum absolute atomic E-state index is 12.5. The smallest absolute Gasteiger partial charge is 0.235 e. The van der Waals surface area contributed by atoms with Gasteiger partial charge in [-0.25, -0.2) is 8.42 Å². The van der Waals surface area contributed by atoms with Gasteiger partial charge >= 0.3 is 0 Å². The molecule has 0 saturated carbocycles. The van der Waals surface area contributed by atoms with Gasteiger partial charge in [-0.2, -0.15) is 0 Å². The van der Waals surface area contributed by atoms with Crippen LogP contribution < -0.4 is 9.62 Å². The van der Waals surface area contributed by atoms with Crippen LogP contribution in [0.5, 0.6) is 0 Å². The highest BCUT2D eigenvalue weighted by molar-refractivity contribution is 7.92. The Labute approximate surface area is 128 Å². The zero-order valence-corrected chi connectivity index (χ0v) is 13.8. The zero-order valence-electron chi connectivity index (χ0n) is 13.0. The first-order chi connectivity index (χ1) is 10.1. The summed E-state index contributed by atoms with van der Waals surface area (Å²) in [6, 6.07) is 8.15. The van der Waals surface area contributed by atoms with Crippen LogP contribution >= 0.6 is 0 Å². The summed E-state index contributed by atoms with van der Waals surface area (Å²) in [4.78, 5) is 0. The average molecular weight is 310 g/mol. The minimum absolute atomic E-state index is 0.241. The normalized spacial score (nSPS) is 18.6. The number of rotatable bonds is 7. The predicted octanol–water partition coefficient (Wildman–Crippen LogP) is 3.07. The summed E-state index contributed by atoms with van der Waals surface area (Å²) in [6.45, 7) is 5.69. The van der Waals surface area contributed by atoms with Crippen LogP contribution in [0.25, 0.3) is 0 Å². The van der Waals surface area contributed by atoms with E-state index in [0.717, 1.165) is 43.5 Å². The van der Waals surface area contributed by atoms with Crippen molar-refractivity contribution in [3.05, 3.63) is 29.8 Å². The van der Waals surface area contributed by atoms with Crippen molar-refractivity contribution in [3.63, 3.8) is 0 Å². The van der Waals surface area contributed by atoms with Crippen LogP contribution in [0.4, 0.5) is 5.69 Å². The molecule has 0 radical (unpaired) electrons. The van der Waals surface area contributed by atoms with Gasteiger partial charge in [0.05, 0.1) is 11.4 Å². The number of nitrogens with zero attached hydrogens (tertiary/aromatic N) is 1. The van der Waals surface area contributed by atoms with Gasteiger partial charge in [-0.15, -0.1) is 0 Å². The first-order valence-corrected chi connectivity index (χ1v) is 9.53. The Balaban J connectivity index is 2.26. The number of fused-ring (bicyclic) bond motifs is 1. The first kappa shape index (κ1) is 16.3. The average Bonchev–Trinajstić information content (AvgIpc) is 2.50. The van der Waals surface area contributed by atoms with E-state index in [-0.39, 0.29) is 11.8 Å². The first-order valence-electron chi connectivity index (χ1n) is 7.93. The molecule has 1 unspecified atom stereocenters. The second-order valence-corrected chi connectivity index (χ2v) is 7.61. The van der Waals surface area contributed by atoms with Crippen LogP contribution in [0.15, 0.2) is 24.3 Å². The number of nitrogens with one attached hydrogen (secondary N) is 1. The molecule has 118 valence electrons. The molecule has 0 saturated heterocycles. The highest BCUT2D eigenvalue weighted by Gasteiger charge is 2.30. The van der Waals surface area contributed by atoms with E-state index in [4.69, 9.17) is 0 Å². The van der Waals surface area contributed by atoms with E-state index in [9.17, 15) is 8.42 Å². The SMILES string of the molecule is CCCCS(=O)(=O)N1CCC(NCCC)c2ccccc21. The Hall–Kier alpha value is -1.07. The molecule has 1 aromatic rings. The topological polar surface area (TPSA) is 49.4 Å². The van der Waals surface area contributed by atoms with Gasteiger partial charge < -0.3 is 5.32 Å². The third kappa shape index (κ3) is 3.77. The van der Waals surface area contributed by atoms with Gasteiger partial charge in [0, 0.05) is 12.6 Å². The fourth-order valence-corrected chi connectivity index (χ4v) is 4.51. The second kappa shape index (κ2) is 7.27. The van der Waals surface area contributed by atoms with E-state index in [1.165, 1.54) is 0 Å². The Morgan fingerprint density at radius 2 is 2.00 bits per heavy atom. The van der Waals surface area contributed by atoms with Gasteiger partial charge in [0.15, 0.2) is 0 Å². The molecule has 0 aromatic heterocycles. The van der Waals surface area contributed by atoms with Gasteiger partial charge in [0.1, 0.15) is 0 Å². The minimum atomic E-state index is -3.20. The van der Waals surface area contributed by atoms with Gasteiger partial charge in [-0.3, -0.25) is 4.31 Å². The number of hydrogen-bond donors (Lipinski definition) is 1. The lowest BCUT2D eigenvalue weighted by molar-refractivity contribution is 0.488. The third-order valence-electron chi connectivity index (χ3n) is 3.93. The zero-order chi connectivity index (χ0) is 15.3. The minimum Gasteiger partial charge on any atom is -0.310 e. The molecule has 21 heavy (non-hydrogen) atoms. The van der Waals surface area contributed by atoms with E-state index in [1.54, 1.807) is 4.31 Å². The van der Waals surface area contributed by atoms with Crippen LogP contribution in [0, 0.1) is 0 Å². The molecule has 0 spiro atoms. The Kier molecular flexibility index (Phi) is 5.65. The van der Waals surface area contributed by atoms with E-state index in [1.807, 2.05) is 31.2 Å². The van der Waals surface area contributed by atoms with Crippen molar-refractivity contribution < 1.29 is 8.42 Å². The van der Waals surface area contributed by atoms with Crippen LogP contribution in [0.2, 0.25) is 0 Å². The van der Waals surface area contributed by atoms with Crippen LogP contribution in [-0.2, 0) is 10.0 Å². The monoisotopic (exact) mass is 310 g/mol. The Bertz CT molecular complexity index is 557. The number of hydrogen-bond acceptors (Lipinski definition) is 3. The van der Waals surface area contributed by atoms with Crippen molar-refractivity contribution in [2.24, 2.45) is 0 Å². The molecule has 0 amide bonds. The lowest BCUT2D eigenvalue weighted by atomic mass is 9.98. The van der Waals surface area contributed by atoms with Crippen LogP contribution in [0.1, 0.15) is 51.1 Å². The number of unbranched alkanes of at least 4 members (excludes halogenated alkanes) is 1. The number of benzene rings is 1. The molecule has 1 aromatic carbocycles. The molecule has 5 heteroatoms. The van der Waals surface area contributed by atoms with Crippen molar-refractivity contribution >= 4 is 15.7 Å². The van der Waals surface area contributed by atoms with E-state index >= 15 is 0 Å². The van der Waals surface area contributed by atoms with Gasteiger partial charge in [-0.1, -0.05) is 38.5 Å². The summed E-state index contributed by atoms with van der Waals surface area (Å²) < 4.78 is 26.7. The summed E-state index contributed by atoms with van der Waals surface area (Å²) in [5.74, 6) is 0.241. The lowest BCUT2D eigenvalue weighted by Gasteiger charge is -2.35. The predicted molar refractivity (Wildman–Crippen MR) is 88.1 cm³/mol. The van der Waals surface area contributed by atoms with Crippen LogP contribution in [0.3, 0.4) is 0 Å². The molecule has 1 aliphatic heterocycles. The maximum Gasteiger partial charge on any atom is 0.235 e. The van der Waals surface area contributed by atoms with Crippen molar-refractivity contribution in [2.75, 3.05) is 23.1 Å². The number of anilines is 1. The van der Waals surface area contributed by atoms with Crippen molar-refractivity contribution in [3.8, 4) is 0 Å². The van der Waals surface area contributed by atoms with E-state index in [2.05, 4.69) is 12.2 Å². The molecule has 0 bridgehead atoms. The summed E-state index contributed by atoms with van der Waals surface area (Å²) in [6.07, 6.45) is 3.54. The molecule has 0 aliphatic carbocycles. The number of sulfonamides is 1. The summed E-state index contributed by atoms with van der Waals surface area (Å²) in [7, 11) is -3.20. The lowest BCUT2D eigenvalue weighted by Crippen LogP contribution is -2.40. The Morgan fingerprint density at radius 3 is 2.71 bits per heavy atom. The summed E-state index contributed by atoms with van der Waals surface area (Å²) in [5.41, 5.74) is 1.96. The Morgan fingerprint density at radius 1 is 1.24 bits per heavy atom. The molecule has 4 nitrogen and oxygen atoms in total. The van der Waals surface area contributed by atoms with E-state index < -0.39 is 10.0 Å². The molecule has 0 fully saturated rings. The summed E-state index contributed by atoms with van der Waals surface area (Å²) >= 11 is 0. The molecule has 1 N–H and O–H groups in total. The molecule has 2 rings (SSSR count). The third-order valence-corrected chi connectivity index (χ3v) is 5.79. The molecule has 1 heterocycles. The molecule has 1 atom stereocenters. The highest BCUT2D eigenvalue weighted by Crippen LogP contribution is 2.35. The van der Waals surface area contributed by atoms with Crippen molar-refractivity contribution in [1.82, 2.24) is 5.32 Å². The van der Waals surface area contributed by atoms with Crippen molar-refractivity contribution in [1.29, 1.82) is 0 Å². The van der Waals surface area contributed by atoms with Crippen molar-refractivity contribution in [2.45, 2.75) is 45.6 Å². The van der Waals surface area contributed by atoms with Gasteiger partial charge in [-0.05, 0) is 37.4 Å². The standard InChI is InChI=1S/C16H26N2O2S/c1-3-5-13-21(19,20)18-12-10-15(17-11-4-2)14-8-6-7-9-16(14)18/h6-9,15,17H,3-5,10-13H2,1-2H3. The molecule has 1 aliphatic rings. The number of para-hydroxylation sites is 1. The van der Waals surface area contributed by atoms with Gasteiger partial charge in [0.25, 0.3) is 0 Å². The highest BCUT2D eigenvalue weighted by atomic mass is 32.2. The van der Waals surface area contributed by atoms with E-state index in [0.29, 0.717) is 6.54 Å². The fraction of sp³-hybridized carbons (Fsp3) is 0.625. The molecular weight excluding hydrogens is 284 g/mol.